The maximum atomic E-state index is 13.4. The molecule has 0 saturated carbocycles. The van der Waals surface area contributed by atoms with E-state index in [1.165, 1.54) is 13.0 Å². The van der Waals surface area contributed by atoms with E-state index >= 15 is 0 Å². The fourth-order valence-electron chi connectivity index (χ4n) is 2.41. The fourth-order valence-corrected chi connectivity index (χ4v) is 3.06. The number of nitrogens with zero attached hydrogens (tertiary/aromatic N) is 4. The van der Waals surface area contributed by atoms with Crippen molar-refractivity contribution in [3.8, 4) is 11.8 Å². The van der Waals surface area contributed by atoms with E-state index in [1.807, 2.05) is 0 Å². The first-order chi connectivity index (χ1) is 13.7. The molecule has 0 unspecified atom stereocenters. The lowest BCUT2D eigenvalue weighted by molar-refractivity contribution is -0.141. The summed E-state index contributed by atoms with van der Waals surface area (Å²) in [6.45, 7) is 1.28. The average molecular weight is 475 g/mol. The SMILES string of the molecule is CCOC(=O)N(C)c1c(C#N)c(C(F)(F)F)nn1-c1c(Cl)cc(C(F)(F)F)cc1Cl. The summed E-state index contributed by atoms with van der Waals surface area (Å²) < 4.78 is 84.2. The molecular formula is C16H10Cl2F6N4O2. The number of benzene rings is 1. The van der Waals surface area contributed by atoms with Crippen molar-refractivity contribution in [1.29, 1.82) is 5.26 Å². The molecule has 0 N–H and O–H groups in total. The van der Waals surface area contributed by atoms with Crippen LogP contribution in [0.25, 0.3) is 5.69 Å². The third-order valence-corrected chi connectivity index (χ3v) is 4.23. The van der Waals surface area contributed by atoms with Crippen LogP contribution in [-0.2, 0) is 17.1 Å². The molecule has 2 aromatic rings. The fraction of sp³-hybridized carbons (Fsp3) is 0.312. The van der Waals surface area contributed by atoms with Crippen LogP contribution in [0, 0.1) is 11.3 Å². The van der Waals surface area contributed by atoms with E-state index in [9.17, 15) is 36.4 Å². The molecule has 0 saturated heterocycles. The van der Waals surface area contributed by atoms with Crippen molar-refractivity contribution in [2.75, 3.05) is 18.6 Å². The summed E-state index contributed by atoms with van der Waals surface area (Å²) in [7, 11) is 0.985. The van der Waals surface area contributed by atoms with E-state index in [4.69, 9.17) is 27.9 Å². The van der Waals surface area contributed by atoms with E-state index in [0.717, 1.165) is 7.05 Å². The highest BCUT2D eigenvalue weighted by molar-refractivity contribution is 6.38. The molecule has 30 heavy (non-hydrogen) atoms. The highest BCUT2D eigenvalue weighted by Crippen LogP contribution is 2.42. The lowest BCUT2D eigenvalue weighted by atomic mass is 10.2. The van der Waals surface area contributed by atoms with Gasteiger partial charge in [0.1, 0.15) is 17.3 Å². The number of hydrogen-bond acceptors (Lipinski definition) is 4. The van der Waals surface area contributed by atoms with Crippen molar-refractivity contribution < 1.29 is 35.9 Å². The van der Waals surface area contributed by atoms with E-state index < -0.39 is 56.8 Å². The van der Waals surface area contributed by atoms with E-state index in [0.29, 0.717) is 21.7 Å². The lowest BCUT2D eigenvalue weighted by Crippen LogP contribution is -2.30. The van der Waals surface area contributed by atoms with Crippen LogP contribution in [0.5, 0.6) is 0 Å². The summed E-state index contributed by atoms with van der Waals surface area (Å²) in [6, 6.07) is 2.15. The van der Waals surface area contributed by atoms with E-state index in [-0.39, 0.29) is 6.61 Å². The minimum atomic E-state index is -5.13. The summed E-state index contributed by atoms with van der Waals surface area (Å²) in [4.78, 5) is 12.6. The van der Waals surface area contributed by atoms with Gasteiger partial charge in [0.25, 0.3) is 0 Å². The first kappa shape index (κ1) is 23.6. The second kappa shape index (κ2) is 8.23. The Morgan fingerprint density at radius 3 is 2.13 bits per heavy atom. The van der Waals surface area contributed by atoms with Crippen molar-refractivity contribution in [2.45, 2.75) is 19.3 Å². The van der Waals surface area contributed by atoms with Crippen LogP contribution < -0.4 is 4.90 Å². The summed E-state index contributed by atoms with van der Waals surface area (Å²) in [5, 5.41) is 11.1. The first-order valence-electron chi connectivity index (χ1n) is 7.81. The molecule has 1 amide bonds. The minimum Gasteiger partial charge on any atom is -0.449 e. The Balaban J connectivity index is 2.88. The Bertz CT molecular complexity index is 1000. The van der Waals surface area contributed by atoms with Gasteiger partial charge in [-0.25, -0.2) is 9.48 Å². The Morgan fingerprint density at radius 1 is 1.20 bits per heavy atom. The molecule has 0 bridgehead atoms. The zero-order valence-corrected chi connectivity index (χ0v) is 16.5. The van der Waals surface area contributed by atoms with Crippen molar-refractivity contribution >= 4 is 35.1 Å². The molecule has 6 nitrogen and oxygen atoms in total. The molecule has 0 aliphatic rings. The second-order valence-electron chi connectivity index (χ2n) is 5.61. The highest BCUT2D eigenvalue weighted by Gasteiger charge is 2.42. The van der Waals surface area contributed by atoms with Gasteiger partial charge in [0.2, 0.25) is 0 Å². The summed E-state index contributed by atoms with van der Waals surface area (Å²) in [6.07, 6.45) is -11.1. The molecule has 1 aromatic carbocycles. The van der Waals surface area contributed by atoms with Gasteiger partial charge < -0.3 is 4.74 Å². The third kappa shape index (κ3) is 4.41. The highest BCUT2D eigenvalue weighted by atomic mass is 35.5. The predicted octanol–water partition coefficient (Wildman–Crippen LogP) is 5.68. The number of carbonyl (C=O) groups is 1. The zero-order chi connectivity index (χ0) is 23.0. The second-order valence-corrected chi connectivity index (χ2v) is 6.43. The normalized spacial score (nSPS) is 11.9. The van der Waals surface area contributed by atoms with E-state index in [2.05, 4.69) is 5.10 Å². The Labute approximate surface area is 175 Å². The molecule has 1 aromatic heterocycles. The largest absolute Gasteiger partial charge is 0.449 e. The quantitative estimate of drug-likeness (QED) is 0.536. The van der Waals surface area contributed by atoms with Crippen molar-refractivity contribution in [2.24, 2.45) is 0 Å². The van der Waals surface area contributed by atoms with Crippen LogP contribution in [0.3, 0.4) is 0 Å². The summed E-state index contributed by atoms with van der Waals surface area (Å²) in [5.41, 5.74) is -4.62. The molecule has 0 aliphatic heterocycles. The van der Waals surface area contributed by atoms with Crippen molar-refractivity contribution in [3.05, 3.63) is 39.0 Å². The zero-order valence-electron chi connectivity index (χ0n) is 15.0. The Morgan fingerprint density at radius 2 is 1.73 bits per heavy atom. The molecule has 0 radical (unpaired) electrons. The number of anilines is 1. The molecular weight excluding hydrogens is 465 g/mol. The van der Waals surface area contributed by atoms with Gasteiger partial charge >= 0.3 is 18.4 Å². The predicted molar refractivity (Wildman–Crippen MR) is 93.7 cm³/mol. The van der Waals surface area contributed by atoms with Crippen LogP contribution in [0.1, 0.15) is 23.7 Å². The van der Waals surface area contributed by atoms with Gasteiger partial charge in [-0.2, -0.15) is 36.7 Å². The molecule has 0 atom stereocenters. The van der Waals surface area contributed by atoms with Gasteiger partial charge in [-0.3, -0.25) is 4.90 Å². The van der Waals surface area contributed by atoms with Crippen molar-refractivity contribution in [1.82, 2.24) is 9.78 Å². The van der Waals surface area contributed by atoms with Crippen molar-refractivity contribution in [3.63, 3.8) is 0 Å². The number of ether oxygens (including phenoxy) is 1. The molecule has 0 fully saturated rings. The maximum absolute atomic E-state index is 13.4. The molecule has 0 aliphatic carbocycles. The number of hydrogen-bond donors (Lipinski definition) is 0. The van der Waals surface area contributed by atoms with Gasteiger partial charge in [-0.1, -0.05) is 23.2 Å². The molecule has 14 heteroatoms. The van der Waals surface area contributed by atoms with Crippen LogP contribution in [0.2, 0.25) is 10.0 Å². The minimum absolute atomic E-state index is 0.146. The van der Waals surface area contributed by atoms with Gasteiger partial charge in [-0.05, 0) is 19.1 Å². The van der Waals surface area contributed by atoms with Gasteiger partial charge in [0.05, 0.1) is 22.2 Å². The number of aromatic nitrogens is 2. The molecule has 2 rings (SSSR count). The number of amides is 1. The smallest absolute Gasteiger partial charge is 0.436 e. The number of nitriles is 1. The van der Waals surface area contributed by atoms with E-state index in [1.54, 1.807) is 0 Å². The summed E-state index contributed by atoms with van der Waals surface area (Å²) >= 11 is 11.7. The van der Waals surface area contributed by atoms with Gasteiger partial charge in [0, 0.05) is 7.05 Å². The average Bonchev–Trinajstić information content (AvgIpc) is 2.99. The standard InChI is InChI=1S/C16H10Cl2F6N4O2/c1-3-30-14(29)27(2)13-8(6-25)12(16(22,23)24)26-28(13)11-9(17)4-7(5-10(11)18)15(19,20)21/h4-5H,3H2,1-2H3. The van der Waals surface area contributed by atoms with Crippen LogP contribution in [0.15, 0.2) is 12.1 Å². The summed E-state index contributed by atoms with van der Waals surface area (Å²) in [5.74, 6) is -0.744. The maximum Gasteiger partial charge on any atom is 0.436 e. The Kier molecular flexibility index (Phi) is 6.48. The third-order valence-electron chi connectivity index (χ3n) is 3.66. The Hall–Kier alpha value is -2.65. The van der Waals surface area contributed by atoms with Crippen LogP contribution in [0.4, 0.5) is 37.0 Å². The van der Waals surface area contributed by atoms with Gasteiger partial charge in [0.15, 0.2) is 11.5 Å². The number of rotatable bonds is 3. The van der Waals surface area contributed by atoms with Crippen LogP contribution >= 0.6 is 23.2 Å². The molecule has 1 heterocycles. The van der Waals surface area contributed by atoms with Gasteiger partial charge in [-0.15, -0.1) is 0 Å². The monoisotopic (exact) mass is 474 g/mol. The topological polar surface area (TPSA) is 71.2 Å². The van der Waals surface area contributed by atoms with Crippen LogP contribution in [-0.4, -0.2) is 29.5 Å². The number of carbonyl (C=O) groups excluding carboxylic acids is 1. The molecule has 0 spiro atoms. The first-order valence-corrected chi connectivity index (χ1v) is 8.57. The number of alkyl halides is 6. The molecule has 162 valence electrons. The lowest BCUT2D eigenvalue weighted by Gasteiger charge is -2.20. The number of halogens is 8.